The minimum Gasteiger partial charge on any atom is -0.477 e. The summed E-state index contributed by atoms with van der Waals surface area (Å²) in [6, 6.07) is 5.49. The molecule has 0 aliphatic carbocycles. The molecule has 0 amide bonds. The third-order valence-corrected chi connectivity index (χ3v) is 3.03. The summed E-state index contributed by atoms with van der Waals surface area (Å²) in [7, 11) is 0. The Bertz CT molecular complexity index is 560. The molecule has 1 heterocycles. The van der Waals surface area contributed by atoms with Crippen LogP contribution in [0.4, 0.5) is 0 Å². The molecule has 0 radical (unpaired) electrons. The minimum absolute atomic E-state index is 0.0189. The molecule has 16 heavy (non-hydrogen) atoms. The maximum atomic E-state index is 11.3. The highest BCUT2D eigenvalue weighted by Crippen LogP contribution is 2.28. The van der Waals surface area contributed by atoms with E-state index in [4.69, 9.17) is 0 Å². The topological polar surface area (TPSA) is 55.1 Å². The van der Waals surface area contributed by atoms with Gasteiger partial charge in [-0.3, -0.25) is 4.68 Å². The number of carboxylic acids is 1. The molecule has 0 bridgehead atoms. The number of rotatable bonds is 2. The quantitative estimate of drug-likeness (QED) is 0.921. The summed E-state index contributed by atoms with van der Waals surface area (Å²) < 4.78 is 2.30. The third kappa shape index (κ3) is 1.61. The number of carbonyl (C=O) groups is 1. The molecule has 84 valence electrons. The molecule has 0 unspecified atom stereocenters. The van der Waals surface area contributed by atoms with Crippen LogP contribution in [-0.2, 0) is 0 Å². The van der Waals surface area contributed by atoms with E-state index in [-0.39, 0.29) is 11.7 Å². The molecular weight excluding hydrogens is 272 g/mol. The molecule has 0 saturated heterocycles. The highest BCUT2D eigenvalue weighted by Gasteiger charge is 2.20. The highest BCUT2D eigenvalue weighted by atomic mass is 79.9. The molecule has 1 aromatic carbocycles. The summed E-state index contributed by atoms with van der Waals surface area (Å²) in [5.41, 5.74) is 0.929. The lowest BCUT2D eigenvalue weighted by Crippen LogP contribution is -2.12. The van der Waals surface area contributed by atoms with Gasteiger partial charge in [0.05, 0.1) is 5.52 Å². The monoisotopic (exact) mass is 282 g/mol. The Labute approximate surface area is 101 Å². The summed E-state index contributed by atoms with van der Waals surface area (Å²) in [6.45, 7) is 3.82. The lowest BCUT2D eigenvalue weighted by atomic mass is 10.2. The van der Waals surface area contributed by atoms with Crippen molar-refractivity contribution in [1.82, 2.24) is 9.78 Å². The van der Waals surface area contributed by atoms with E-state index >= 15 is 0 Å². The predicted octanol–water partition coefficient (Wildman–Crippen LogP) is 3.08. The molecule has 1 aromatic heterocycles. The van der Waals surface area contributed by atoms with Crippen molar-refractivity contribution in [3.63, 3.8) is 0 Å². The normalized spacial score (nSPS) is 11.2. The van der Waals surface area contributed by atoms with E-state index < -0.39 is 5.97 Å². The Kier molecular flexibility index (Phi) is 2.71. The van der Waals surface area contributed by atoms with Gasteiger partial charge in [-0.05, 0) is 26.0 Å². The summed E-state index contributed by atoms with van der Waals surface area (Å²) >= 11 is 3.36. The number of halogens is 1. The summed E-state index contributed by atoms with van der Waals surface area (Å²) in [5, 5.41) is 14.2. The summed E-state index contributed by atoms with van der Waals surface area (Å²) in [4.78, 5) is 11.3. The van der Waals surface area contributed by atoms with Gasteiger partial charge in [-0.1, -0.05) is 22.0 Å². The second-order valence-corrected chi connectivity index (χ2v) is 4.68. The fraction of sp³-hybridized carbons (Fsp3) is 0.273. The van der Waals surface area contributed by atoms with Gasteiger partial charge in [0.1, 0.15) is 0 Å². The number of hydrogen-bond acceptors (Lipinski definition) is 2. The molecule has 4 nitrogen and oxygen atoms in total. The Morgan fingerprint density at radius 3 is 2.75 bits per heavy atom. The lowest BCUT2D eigenvalue weighted by molar-refractivity contribution is 0.0683. The zero-order valence-corrected chi connectivity index (χ0v) is 10.5. The molecular formula is C11H11BrN2O2. The van der Waals surface area contributed by atoms with Crippen LogP contribution < -0.4 is 0 Å². The van der Waals surface area contributed by atoms with Crippen LogP contribution in [0.25, 0.3) is 10.9 Å². The van der Waals surface area contributed by atoms with Gasteiger partial charge in [0.2, 0.25) is 0 Å². The number of hydrogen-bond donors (Lipinski definition) is 1. The standard InChI is InChI=1S/C11H11BrN2O2/c1-6(2)14-10(11(15)16)9-7(12)4-3-5-8(9)13-14/h3-6H,1-2H3,(H,15,16). The van der Waals surface area contributed by atoms with Crippen LogP contribution in [-0.4, -0.2) is 20.9 Å². The van der Waals surface area contributed by atoms with Crippen molar-refractivity contribution in [3.8, 4) is 0 Å². The second kappa shape index (κ2) is 3.90. The van der Waals surface area contributed by atoms with Crippen LogP contribution in [0.3, 0.4) is 0 Å². The van der Waals surface area contributed by atoms with Crippen molar-refractivity contribution >= 4 is 32.8 Å². The zero-order chi connectivity index (χ0) is 11.9. The molecule has 2 rings (SSSR count). The molecule has 0 aliphatic heterocycles. The first-order valence-electron chi connectivity index (χ1n) is 4.92. The first-order valence-corrected chi connectivity index (χ1v) is 5.71. The van der Waals surface area contributed by atoms with Gasteiger partial charge in [-0.15, -0.1) is 0 Å². The van der Waals surface area contributed by atoms with Crippen molar-refractivity contribution in [2.45, 2.75) is 19.9 Å². The Morgan fingerprint density at radius 2 is 2.19 bits per heavy atom. The molecule has 0 aliphatic rings. The largest absolute Gasteiger partial charge is 0.477 e. The van der Waals surface area contributed by atoms with Crippen LogP contribution in [0.15, 0.2) is 22.7 Å². The van der Waals surface area contributed by atoms with Crippen molar-refractivity contribution in [2.75, 3.05) is 0 Å². The number of fused-ring (bicyclic) bond motifs is 1. The second-order valence-electron chi connectivity index (χ2n) is 3.83. The average Bonchev–Trinajstić information content (AvgIpc) is 2.58. The number of aromatic carboxylic acids is 1. The van der Waals surface area contributed by atoms with Crippen molar-refractivity contribution in [1.29, 1.82) is 0 Å². The van der Waals surface area contributed by atoms with Gasteiger partial charge in [-0.25, -0.2) is 4.79 Å². The lowest BCUT2D eigenvalue weighted by Gasteiger charge is -2.07. The van der Waals surface area contributed by atoms with E-state index in [1.807, 2.05) is 32.0 Å². The van der Waals surface area contributed by atoms with Gasteiger partial charge in [0.25, 0.3) is 0 Å². The molecule has 0 saturated carbocycles. The van der Waals surface area contributed by atoms with Gasteiger partial charge >= 0.3 is 5.97 Å². The van der Waals surface area contributed by atoms with Crippen molar-refractivity contribution in [2.24, 2.45) is 0 Å². The smallest absolute Gasteiger partial charge is 0.354 e. The molecule has 0 fully saturated rings. The molecule has 0 atom stereocenters. The Morgan fingerprint density at radius 1 is 1.50 bits per heavy atom. The van der Waals surface area contributed by atoms with E-state index in [2.05, 4.69) is 21.0 Å². The van der Waals surface area contributed by atoms with Crippen LogP contribution in [0.1, 0.15) is 30.4 Å². The first-order chi connectivity index (χ1) is 7.52. The Balaban J connectivity index is 2.88. The van der Waals surface area contributed by atoms with Crippen molar-refractivity contribution in [3.05, 3.63) is 28.4 Å². The van der Waals surface area contributed by atoms with Crippen LogP contribution in [0.2, 0.25) is 0 Å². The number of nitrogens with zero attached hydrogens (tertiary/aromatic N) is 2. The third-order valence-electron chi connectivity index (χ3n) is 2.36. The number of aromatic nitrogens is 2. The van der Waals surface area contributed by atoms with Gasteiger partial charge < -0.3 is 5.11 Å². The molecule has 5 heteroatoms. The van der Waals surface area contributed by atoms with E-state index in [0.29, 0.717) is 10.9 Å². The first kappa shape index (κ1) is 11.1. The Hall–Kier alpha value is -1.36. The van der Waals surface area contributed by atoms with E-state index in [0.717, 1.165) is 4.47 Å². The maximum Gasteiger partial charge on any atom is 0.354 e. The number of benzene rings is 1. The van der Waals surface area contributed by atoms with E-state index in [9.17, 15) is 9.90 Å². The average molecular weight is 283 g/mol. The van der Waals surface area contributed by atoms with Gasteiger partial charge in [0.15, 0.2) is 5.69 Å². The fourth-order valence-electron chi connectivity index (χ4n) is 1.69. The maximum absolute atomic E-state index is 11.3. The van der Waals surface area contributed by atoms with Crippen LogP contribution in [0.5, 0.6) is 0 Å². The zero-order valence-electron chi connectivity index (χ0n) is 8.94. The molecule has 2 aromatic rings. The van der Waals surface area contributed by atoms with Crippen LogP contribution >= 0.6 is 15.9 Å². The predicted molar refractivity (Wildman–Crippen MR) is 64.8 cm³/mol. The number of carboxylic acid groups (broad SMARTS) is 1. The summed E-state index contributed by atoms with van der Waals surface area (Å²) in [6.07, 6.45) is 0. The molecule has 1 N–H and O–H groups in total. The van der Waals surface area contributed by atoms with Gasteiger partial charge in [-0.2, -0.15) is 5.10 Å². The molecule has 0 spiro atoms. The minimum atomic E-state index is -0.955. The fourth-order valence-corrected chi connectivity index (χ4v) is 2.23. The van der Waals surface area contributed by atoms with Crippen molar-refractivity contribution < 1.29 is 9.90 Å². The van der Waals surface area contributed by atoms with E-state index in [1.165, 1.54) is 4.68 Å². The van der Waals surface area contributed by atoms with Gasteiger partial charge in [0, 0.05) is 15.9 Å². The van der Waals surface area contributed by atoms with E-state index in [1.54, 1.807) is 0 Å². The summed E-state index contributed by atoms with van der Waals surface area (Å²) in [5.74, 6) is -0.955. The van der Waals surface area contributed by atoms with Crippen LogP contribution in [0, 0.1) is 0 Å². The SMILES string of the molecule is CC(C)n1nc2cccc(Br)c2c1C(=O)O. The highest BCUT2D eigenvalue weighted by molar-refractivity contribution is 9.10.